The van der Waals surface area contributed by atoms with E-state index in [-0.39, 0.29) is 29.0 Å². The Labute approximate surface area is 164 Å². The molecule has 0 aliphatic heterocycles. The number of hydrogen-bond acceptors (Lipinski definition) is 5. The Balaban J connectivity index is 2.47. The van der Waals surface area contributed by atoms with Gasteiger partial charge in [0, 0.05) is 11.5 Å². The fraction of sp³-hybridized carbons (Fsp3) is 0.278. The third-order valence-corrected chi connectivity index (χ3v) is 5.98. The first-order valence-corrected chi connectivity index (χ1v) is 9.51. The number of hydrogen-bond donors (Lipinski definition) is 2. The number of anilines is 1. The van der Waals surface area contributed by atoms with Crippen LogP contribution in [-0.4, -0.2) is 31.4 Å². The number of carbonyl (C=O) groups excluding carboxylic acids is 3. The minimum Gasteiger partial charge on any atom is -0.462 e. The molecular weight excluding hydrogens is 420 g/mol. The first-order valence-electron chi connectivity index (χ1n) is 7.90. The maximum absolute atomic E-state index is 12.7. The number of carbonyl (C=O) groups is 3. The van der Waals surface area contributed by atoms with E-state index < -0.39 is 5.97 Å². The van der Waals surface area contributed by atoms with Crippen molar-refractivity contribution in [3.63, 3.8) is 0 Å². The number of rotatable bonds is 5. The lowest BCUT2D eigenvalue weighted by Gasteiger charge is -2.09. The monoisotopic (exact) mass is 438 g/mol. The van der Waals surface area contributed by atoms with E-state index in [9.17, 15) is 14.4 Å². The van der Waals surface area contributed by atoms with Gasteiger partial charge in [-0.05, 0) is 53.9 Å². The van der Waals surface area contributed by atoms with Crippen LogP contribution in [0.5, 0.6) is 0 Å². The third-order valence-electron chi connectivity index (χ3n) is 3.72. The van der Waals surface area contributed by atoms with Crippen LogP contribution in [0.15, 0.2) is 22.7 Å². The van der Waals surface area contributed by atoms with E-state index in [1.165, 1.54) is 7.05 Å². The third kappa shape index (κ3) is 3.96. The van der Waals surface area contributed by atoms with Crippen molar-refractivity contribution in [3.05, 3.63) is 49.8 Å². The Morgan fingerprint density at radius 1 is 1.19 bits per heavy atom. The molecule has 2 amide bonds. The van der Waals surface area contributed by atoms with Gasteiger partial charge >= 0.3 is 5.97 Å². The normalized spacial score (nSPS) is 10.3. The molecule has 0 saturated carbocycles. The molecule has 2 aromatic rings. The molecule has 8 heteroatoms. The van der Waals surface area contributed by atoms with Crippen LogP contribution >= 0.6 is 27.3 Å². The van der Waals surface area contributed by atoms with Crippen molar-refractivity contribution in [2.45, 2.75) is 20.8 Å². The second-order valence-corrected chi connectivity index (χ2v) is 7.26. The highest BCUT2D eigenvalue weighted by Gasteiger charge is 2.26. The van der Waals surface area contributed by atoms with E-state index in [1.807, 2.05) is 13.0 Å². The lowest BCUT2D eigenvalue weighted by Crippen LogP contribution is -2.18. The summed E-state index contributed by atoms with van der Waals surface area (Å²) >= 11 is 4.45. The van der Waals surface area contributed by atoms with E-state index in [1.54, 1.807) is 26.0 Å². The summed E-state index contributed by atoms with van der Waals surface area (Å²) < 4.78 is 5.76. The summed E-state index contributed by atoms with van der Waals surface area (Å²) in [5.41, 5.74) is 2.03. The van der Waals surface area contributed by atoms with Gasteiger partial charge in [-0.15, -0.1) is 11.3 Å². The largest absolute Gasteiger partial charge is 0.462 e. The first kappa shape index (κ1) is 20.1. The Morgan fingerprint density at radius 3 is 2.50 bits per heavy atom. The van der Waals surface area contributed by atoms with E-state index in [4.69, 9.17) is 4.74 Å². The van der Waals surface area contributed by atoms with Gasteiger partial charge in [0.25, 0.3) is 11.8 Å². The van der Waals surface area contributed by atoms with Crippen molar-refractivity contribution in [1.82, 2.24) is 5.32 Å². The molecule has 0 saturated heterocycles. The summed E-state index contributed by atoms with van der Waals surface area (Å²) in [6, 6.07) is 5.33. The molecule has 0 fully saturated rings. The zero-order valence-electron chi connectivity index (χ0n) is 14.9. The molecular formula is C18H19BrN2O4S. The molecule has 138 valence electrons. The second kappa shape index (κ2) is 8.46. The van der Waals surface area contributed by atoms with Crippen molar-refractivity contribution in [2.24, 2.45) is 0 Å². The summed E-state index contributed by atoms with van der Waals surface area (Å²) in [5, 5.41) is 5.57. The molecule has 1 aromatic heterocycles. The standard InChI is InChI=1S/C18H19BrN2O4S/c1-5-25-18(24)12-10(3)14(16(23)20-4)26-17(12)21-15(22)11-8-6-7-9(2)13(11)19/h6-8H,5H2,1-4H3,(H,20,23)(H,21,22). The van der Waals surface area contributed by atoms with Gasteiger partial charge in [0.15, 0.2) is 0 Å². The molecule has 0 unspecified atom stereocenters. The van der Waals surface area contributed by atoms with Crippen LogP contribution in [0, 0.1) is 13.8 Å². The van der Waals surface area contributed by atoms with E-state index in [2.05, 4.69) is 26.6 Å². The number of esters is 1. The highest BCUT2D eigenvalue weighted by atomic mass is 79.9. The van der Waals surface area contributed by atoms with Crippen LogP contribution in [0.1, 0.15) is 48.4 Å². The van der Waals surface area contributed by atoms with Gasteiger partial charge in [0.05, 0.1) is 22.6 Å². The van der Waals surface area contributed by atoms with E-state index in [0.717, 1.165) is 16.9 Å². The van der Waals surface area contributed by atoms with Crippen LogP contribution in [-0.2, 0) is 4.74 Å². The summed E-state index contributed by atoms with van der Waals surface area (Å²) in [6.07, 6.45) is 0. The molecule has 0 aliphatic rings. The van der Waals surface area contributed by atoms with Crippen LogP contribution in [0.25, 0.3) is 0 Å². The van der Waals surface area contributed by atoms with Crippen molar-refractivity contribution in [1.29, 1.82) is 0 Å². The fourth-order valence-corrected chi connectivity index (χ4v) is 3.95. The molecule has 2 rings (SSSR count). The number of aryl methyl sites for hydroxylation is 1. The molecule has 6 nitrogen and oxygen atoms in total. The predicted molar refractivity (Wildman–Crippen MR) is 105 cm³/mol. The van der Waals surface area contributed by atoms with Gasteiger partial charge in [-0.2, -0.15) is 0 Å². The molecule has 0 bridgehead atoms. The van der Waals surface area contributed by atoms with Crippen molar-refractivity contribution >= 4 is 50.1 Å². The number of ether oxygens (including phenoxy) is 1. The molecule has 0 aliphatic carbocycles. The van der Waals surface area contributed by atoms with Gasteiger partial charge < -0.3 is 15.4 Å². The molecule has 0 spiro atoms. The van der Waals surface area contributed by atoms with Crippen molar-refractivity contribution in [2.75, 3.05) is 19.0 Å². The zero-order chi connectivity index (χ0) is 19.4. The highest BCUT2D eigenvalue weighted by Crippen LogP contribution is 2.34. The highest BCUT2D eigenvalue weighted by molar-refractivity contribution is 9.10. The van der Waals surface area contributed by atoms with Crippen LogP contribution in [0.4, 0.5) is 5.00 Å². The lowest BCUT2D eigenvalue weighted by atomic mass is 10.1. The van der Waals surface area contributed by atoms with E-state index in [0.29, 0.717) is 20.5 Å². The molecule has 1 heterocycles. The van der Waals surface area contributed by atoms with E-state index >= 15 is 0 Å². The predicted octanol–water partition coefficient (Wildman–Crippen LogP) is 3.92. The first-order chi connectivity index (χ1) is 12.3. The van der Waals surface area contributed by atoms with Crippen LogP contribution < -0.4 is 10.6 Å². The topological polar surface area (TPSA) is 84.5 Å². The Hall–Kier alpha value is -2.19. The van der Waals surface area contributed by atoms with Crippen LogP contribution in [0.2, 0.25) is 0 Å². The number of benzene rings is 1. The zero-order valence-corrected chi connectivity index (χ0v) is 17.3. The quantitative estimate of drug-likeness (QED) is 0.692. The molecule has 26 heavy (non-hydrogen) atoms. The number of amides is 2. The number of thiophene rings is 1. The second-order valence-electron chi connectivity index (χ2n) is 5.45. The Kier molecular flexibility index (Phi) is 6.55. The molecule has 2 N–H and O–H groups in total. The maximum atomic E-state index is 12.7. The number of halogens is 1. The molecule has 0 radical (unpaired) electrons. The SMILES string of the molecule is CCOC(=O)c1c(NC(=O)c2cccc(C)c2Br)sc(C(=O)NC)c1C. The maximum Gasteiger partial charge on any atom is 0.341 e. The minimum absolute atomic E-state index is 0.195. The lowest BCUT2D eigenvalue weighted by molar-refractivity contribution is 0.0527. The van der Waals surface area contributed by atoms with Gasteiger partial charge in [0.2, 0.25) is 0 Å². The Morgan fingerprint density at radius 2 is 1.88 bits per heavy atom. The average molecular weight is 439 g/mol. The molecule has 1 aromatic carbocycles. The van der Waals surface area contributed by atoms with Gasteiger partial charge in [-0.25, -0.2) is 4.79 Å². The molecule has 0 atom stereocenters. The summed E-state index contributed by atoms with van der Waals surface area (Å²) in [6.45, 7) is 5.43. The van der Waals surface area contributed by atoms with Crippen molar-refractivity contribution in [3.8, 4) is 0 Å². The Bertz CT molecular complexity index is 876. The number of nitrogens with one attached hydrogen (secondary N) is 2. The van der Waals surface area contributed by atoms with Crippen LogP contribution in [0.3, 0.4) is 0 Å². The van der Waals surface area contributed by atoms with Gasteiger partial charge in [-0.3, -0.25) is 9.59 Å². The smallest absolute Gasteiger partial charge is 0.341 e. The van der Waals surface area contributed by atoms with Gasteiger partial charge in [-0.1, -0.05) is 12.1 Å². The fourth-order valence-electron chi connectivity index (χ4n) is 2.37. The summed E-state index contributed by atoms with van der Waals surface area (Å²) in [5.74, 6) is -1.28. The summed E-state index contributed by atoms with van der Waals surface area (Å²) in [4.78, 5) is 37.5. The van der Waals surface area contributed by atoms with Gasteiger partial charge in [0.1, 0.15) is 5.00 Å². The average Bonchev–Trinajstić information content (AvgIpc) is 2.92. The summed E-state index contributed by atoms with van der Waals surface area (Å²) in [7, 11) is 1.51. The minimum atomic E-state index is -0.574. The van der Waals surface area contributed by atoms with Crippen molar-refractivity contribution < 1.29 is 19.1 Å².